The second kappa shape index (κ2) is 14.8. The van der Waals surface area contributed by atoms with Crippen molar-refractivity contribution in [1.82, 2.24) is 14.7 Å². The fourth-order valence-electron chi connectivity index (χ4n) is 5.70. The molecule has 1 fully saturated rings. The number of hydrogen-bond donors (Lipinski definition) is 2. The molecule has 2 N–H and O–H groups in total. The van der Waals surface area contributed by atoms with Gasteiger partial charge in [0.25, 0.3) is 0 Å². The number of amides is 2. The smallest absolute Gasteiger partial charge is 0.227 e. The summed E-state index contributed by atoms with van der Waals surface area (Å²) in [6.07, 6.45) is 7.90. The van der Waals surface area contributed by atoms with Gasteiger partial charge in [0.1, 0.15) is 11.9 Å². The molecule has 0 saturated heterocycles. The topological polar surface area (TPSA) is 85.3 Å². The number of benzene rings is 1. The number of carbonyl (C=O) groups excluding carboxylic acids is 2. The summed E-state index contributed by atoms with van der Waals surface area (Å²) < 4.78 is 6.65. The zero-order valence-electron chi connectivity index (χ0n) is 24.2. The fourth-order valence-corrected chi connectivity index (χ4v) is 5.70. The number of carbonyl (C=O) groups is 2. The molecule has 1 aromatic rings. The molecule has 38 heavy (non-hydrogen) atoms. The highest BCUT2D eigenvalue weighted by atomic mass is 16.5. The number of nitrogens with zero attached hydrogens (tertiary/aromatic N) is 3. The standard InChI is InChI=1S/C30H50N4O4/c1-22-18-34(23(2)21-35)30(37)17-25-16-26(31-29(36)12-9-15-32(3)4)13-14-27(25)38-28(22)20-33(5)19-24-10-7-6-8-11-24/h13-14,16,22-24,28,35H,6-12,15,17-21H2,1-5H3,(H,31,36)/t22-,23+,28-/m1/s1. The van der Waals surface area contributed by atoms with Crippen LogP contribution >= 0.6 is 0 Å². The monoisotopic (exact) mass is 530 g/mol. The van der Waals surface area contributed by atoms with Gasteiger partial charge in [0.15, 0.2) is 0 Å². The zero-order valence-corrected chi connectivity index (χ0v) is 24.2. The maximum Gasteiger partial charge on any atom is 0.227 e. The first-order valence-electron chi connectivity index (χ1n) is 14.5. The Labute approximate surface area is 229 Å². The molecule has 0 radical (unpaired) electrons. The van der Waals surface area contributed by atoms with Gasteiger partial charge in [0.05, 0.1) is 19.1 Å². The van der Waals surface area contributed by atoms with Crippen molar-refractivity contribution in [3.05, 3.63) is 23.8 Å². The molecule has 8 heteroatoms. The van der Waals surface area contributed by atoms with Crippen LogP contribution in [0.2, 0.25) is 0 Å². The summed E-state index contributed by atoms with van der Waals surface area (Å²) in [5.74, 6) is 1.46. The van der Waals surface area contributed by atoms with E-state index in [1.54, 1.807) is 4.90 Å². The third-order valence-electron chi connectivity index (χ3n) is 8.00. The van der Waals surface area contributed by atoms with Gasteiger partial charge in [-0.2, -0.15) is 0 Å². The Hall–Kier alpha value is -2.16. The molecule has 2 amide bonds. The number of fused-ring (bicyclic) bond motifs is 1. The highest BCUT2D eigenvalue weighted by Crippen LogP contribution is 2.30. The minimum absolute atomic E-state index is 0.0334. The van der Waals surface area contributed by atoms with E-state index in [1.165, 1.54) is 32.1 Å². The Balaban J connectivity index is 1.78. The van der Waals surface area contributed by atoms with Crippen molar-refractivity contribution in [3.63, 3.8) is 0 Å². The molecule has 1 aliphatic carbocycles. The molecule has 214 valence electrons. The van der Waals surface area contributed by atoms with Crippen LogP contribution in [-0.2, 0) is 16.0 Å². The number of aliphatic hydroxyl groups excluding tert-OH is 1. The molecule has 0 aromatic heterocycles. The van der Waals surface area contributed by atoms with Crippen molar-refractivity contribution in [2.75, 3.05) is 59.2 Å². The van der Waals surface area contributed by atoms with Crippen LogP contribution in [0.1, 0.15) is 64.4 Å². The van der Waals surface area contributed by atoms with Crippen molar-refractivity contribution >= 4 is 17.5 Å². The number of hydrogen-bond acceptors (Lipinski definition) is 6. The van der Waals surface area contributed by atoms with Gasteiger partial charge in [0, 0.05) is 43.2 Å². The third-order valence-corrected chi connectivity index (χ3v) is 8.00. The van der Waals surface area contributed by atoms with Crippen LogP contribution < -0.4 is 10.1 Å². The van der Waals surface area contributed by atoms with Crippen molar-refractivity contribution in [2.24, 2.45) is 11.8 Å². The van der Waals surface area contributed by atoms with Gasteiger partial charge >= 0.3 is 0 Å². The lowest BCUT2D eigenvalue weighted by atomic mass is 9.89. The first kappa shape index (κ1) is 30.4. The van der Waals surface area contributed by atoms with Crippen molar-refractivity contribution in [1.29, 1.82) is 0 Å². The summed E-state index contributed by atoms with van der Waals surface area (Å²) in [7, 11) is 6.16. The van der Waals surface area contributed by atoms with Gasteiger partial charge in [-0.05, 0) is 78.0 Å². The van der Waals surface area contributed by atoms with E-state index in [1.807, 2.05) is 39.2 Å². The first-order valence-corrected chi connectivity index (χ1v) is 14.5. The highest BCUT2D eigenvalue weighted by molar-refractivity contribution is 5.91. The molecule has 3 rings (SSSR count). The van der Waals surface area contributed by atoms with E-state index >= 15 is 0 Å². The quantitative estimate of drug-likeness (QED) is 0.455. The van der Waals surface area contributed by atoms with Crippen LogP contribution in [0.25, 0.3) is 0 Å². The number of anilines is 1. The Morgan fingerprint density at radius 3 is 2.61 bits per heavy atom. The van der Waals surface area contributed by atoms with Crippen LogP contribution in [0, 0.1) is 11.8 Å². The molecule has 1 saturated carbocycles. The van der Waals surface area contributed by atoms with Gasteiger partial charge < -0.3 is 29.9 Å². The van der Waals surface area contributed by atoms with Gasteiger partial charge in [-0.25, -0.2) is 0 Å². The minimum atomic E-state index is -0.272. The van der Waals surface area contributed by atoms with Crippen LogP contribution in [-0.4, -0.2) is 97.7 Å². The summed E-state index contributed by atoms with van der Waals surface area (Å²) in [5, 5.41) is 12.9. The predicted molar refractivity (Wildman–Crippen MR) is 152 cm³/mol. The average molecular weight is 531 g/mol. The number of aliphatic hydroxyl groups is 1. The molecule has 0 unspecified atom stereocenters. The van der Waals surface area contributed by atoms with Gasteiger partial charge in [0.2, 0.25) is 11.8 Å². The molecule has 0 spiro atoms. The van der Waals surface area contributed by atoms with Gasteiger partial charge in [-0.1, -0.05) is 26.2 Å². The van der Waals surface area contributed by atoms with E-state index in [0.717, 1.165) is 37.5 Å². The molecule has 1 aliphatic heterocycles. The van der Waals surface area contributed by atoms with Crippen molar-refractivity contribution in [3.8, 4) is 5.75 Å². The van der Waals surface area contributed by atoms with Crippen LogP contribution in [0.3, 0.4) is 0 Å². The van der Waals surface area contributed by atoms with E-state index in [4.69, 9.17) is 4.74 Å². The molecular weight excluding hydrogens is 480 g/mol. The molecule has 1 heterocycles. The highest BCUT2D eigenvalue weighted by Gasteiger charge is 2.31. The van der Waals surface area contributed by atoms with Crippen molar-refractivity contribution < 1.29 is 19.4 Å². The number of nitrogens with one attached hydrogen (secondary N) is 1. The van der Waals surface area contributed by atoms with E-state index in [2.05, 4.69) is 29.1 Å². The van der Waals surface area contributed by atoms with Crippen molar-refractivity contribution in [2.45, 2.75) is 77.4 Å². The normalized spacial score (nSPS) is 21.9. The summed E-state index contributed by atoms with van der Waals surface area (Å²) in [4.78, 5) is 32.2. The molecule has 8 nitrogen and oxygen atoms in total. The summed E-state index contributed by atoms with van der Waals surface area (Å²) >= 11 is 0. The second-order valence-corrected chi connectivity index (χ2v) is 11.9. The Bertz CT molecular complexity index is 902. The van der Waals surface area contributed by atoms with Crippen LogP contribution in [0.5, 0.6) is 5.75 Å². The zero-order chi connectivity index (χ0) is 27.7. The largest absolute Gasteiger partial charge is 0.488 e. The Morgan fingerprint density at radius 1 is 1.18 bits per heavy atom. The van der Waals surface area contributed by atoms with Gasteiger partial charge in [-0.15, -0.1) is 0 Å². The third kappa shape index (κ3) is 9.24. The SMILES string of the molecule is C[C@@H]1CN([C@@H](C)CO)C(=O)Cc2cc(NC(=O)CCCN(C)C)ccc2O[C@@H]1CN(C)CC1CCCCC1. The van der Waals surface area contributed by atoms with E-state index in [9.17, 15) is 14.7 Å². The number of rotatable bonds is 11. The van der Waals surface area contributed by atoms with Crippen LogP contribution in [0.4, 0.5) is 5.69 Å². The Morgan fingerprint density at radius 2 is 1.92 bits per heavy atom. The number of ether oxygens (including phenoxy) is 1. The van der Waals surface area contributed by atoms with E-state index < -0.39 is 0 Å². The second-order valence-electron chi connectivity index (χ2n) is 11.9. The molecular formula is C30H50N4O4. The maximum atomic E-state index is 13.4. The molecule has 1 aromatic carbocycles. The Kier molecular flexibility index (Phi) is 11.9. The van der Waals surface area contributed by atoms with Crippen LogP contribution in [0.15, 0.2) is 18.2 Å². The molecule has 0 bridgehead atoms. The lowest BCUT2D eigenvalue weighted by molar-refractivity contribution is -0.134. The average Bonchev–Trinajstić information content (AvgIpc) is 2.91. The molecule has 2 aliphatic rings. The first-order chi connectivity index (χ1) is 18.2. The van der Waals surface area contributed by atoms with E-state index in [0.29, 0.717) is 24.4 Å². The predicted octanol–water partition coefficient (Wildman–Crippen LogP) is 3.63. The maximum absolute atomic E-state index is 13.4. The lowest BCUT2D eigenvalue weighted by Crippen LogP contribution is -2.48. The summed E-state index contributed by atoms with van der Waals surface area (Å²) in [6, 6.07) is 5.36. The minimum Gasteiger partial charge on any atom is -0.488 e. The van der Waals surface area contributed by atoms with Gasteiger partial charge in [-0.3, -0.25) is 9.59 Å². The lowest BCUT2D eigenvalue weighted by Gasteiger charge is -2.35. The summed E-state index contributed by atoms with van der Waals surface area (Å²) in [6.45, 7) is 7.17. The number of likely N-dealkylation sites (N-methyl/N-ethyl adjacent to an activating group) is 1. The molecule has 3 atom stereocenters. The fraction of sp³-hybridized carbons (Fsp3) is 0.733. The summed E-state index contributed by atoms with van der Waals surface area (Å²) in [5.41, 5.74) is 1.44. The van der Waals surface area contributed by atoms with E-state index in [-0.39, 0.29) is 42.9 Å².